The van der Waals surface area contributed by atoms with Gasteiger partial charge in [-0.3, -0.25) is 13.9 Å². The minimum absolute atomic E-state index is 0.0518. The SMILES string of the molecule is CC(C)CNC(=O)C(C)N(CCc1ccccc1)C(=O)CN(c1ccc(Oc2ccccc2)cc1)S(=O)(=O)c1ccccc1. The molecule has 0 heterocycles. The van der Waals surface area contributed by atoms with Crippen molar-refractivity contribution in [2.24, 2.45) is 5.92 Å². The Bertz CT molecular complexity index is 1600. The van der Waals surface area contributed by atoms with Crippen LogP contribution in [0.25, 0.3) is 0 Å². The molecule has 0 aliphatic carbocycles. The van der Waals surface area contributed by atoms with Gasteiger partial charge in [0.15, 0.2) is 0 Å². The van der Waals surface area contributed by atoms with Crippen molar-refractivity contribution in [3.05, 3.63) is 121 Å². The van der Waals surface area contributed by atoms with Gasteiger partial charge in [-0.1, -0.05) is 80.6 Å². The van der Waals surface area contributed by atoms with E-state index in [1.807, 2.05) is 74.5 Å². The van der Waals surface area contributed by atoms with E-state index in [4.69, 9.17) is 4.74 Å². The minimum atomic E-state index is -4.14. The van der Waals surface area contributed by atoms with E-state index >= 15 is 0 Å². The number of benzene rings is 4. The quantitative estimate of drug-likeness (QED) is 0.191. The number of anilines is 1. The number of carbonyl (C=O) groups excluding carboxylic acids is 2. The van der Waals surface area contributed by atoms with Gasteiger partial charge in [-0.05, 0) is 73.4 Å². The van der Waals surface area contributed by atoms with E-state index in [1.165, 1.54) is 17.0 Å². The number of hydrogen-bond acceptors (Lipinski definition) is 5. The fourth-order valence-corrected chi connectivity index (χ4v) is 6.01. The molecule has 4 rings (SSSR count). The van der Waals surface area contributed by atoms with Crippen LogP contribution >= 0.6 is 0 Å². The molecule has 1 N–H and O–H groups in total. The molecule has 4 aromatic carbocycles. The van der Waals surface area contributed by atoms with Gasteiger partial charge < -0.3 is 15.0 Å². The van der Waals surface area contributed by atoms with Crippen molar-refractivity contribution in [1.82, 2.24) is 10.2 Å². The van der Waals surface area contributed by atoms with Crippen LogP contribution in [0.4, 0.5) is 5.69 Å². The topological polar surface area (TPSA) is 96.0 Å². The van der Waals surface area contributed by atoms with Crippen LogP contribution in [0.3, 0.4) is 0 Å². The van der Waals surface area contributed by atoms with E-state index in [2.05, 4.69) is 5.32 Å². The standard InChI is InChI=1S/C35H39N3O5S/c1-27(2)25-36-35(40)28(3)37(24-23-29-13-7-4-8-14-29)34(39)26-38(44(41,42)33-17-11-6-12-18-33)30-19-21-32(22-20-30)43-31-15-9-5-10-16-31/h4-22,27-28H,23-26H2,1-3H3,(H,36,40). The molecule has 0 aromatic heterocycles. The average molecular weight is 614 g/mol. The molecular weight excluding hydrogens is 574 g/mol. The third-order valence-corrected chi connectivity index (χ3v) is 8.84. The van der Waals surface area contributed by atoms with Crippen LogP contribution in [-0.4, -0.2) is 50.8 Å². The van der Waals surface area contributed by atoms with Gasteiger partial charge in [0.2, 0.25) is 11.8 Å². The number of sulfonamides is 1. The normalized spacial score (nSPS) is 11.9. The first-order valence-corrected chi connectivity index (χ1v) is 16.1. The molecule has 0 bridgehead atoms. The average Bonchev–Trinajstić information content (AvgIpc) is 3.04. The number of hydrogen-bond donors (Lipinski definition) is 1. The predicted octanol–water partition coefficient (Wildman–Crippen LogP) is 5.91. The first-order valence-electron chi connectivity index (χ1n) is 14.7. The molecule has 1 unspecified atom stereocenters. The van der Waals surface area contributed by atoms with E-state index in [0.717, 1.165) is 9.87 Å². The molecule has 4 aromatic rings. The number of carbonyl (C=O) groups is 2. The zero-order chi connectivity index (χ0) is 31.5. The Morgan fingerprint density at radius 1 is 0.750 bits per heavy atom. The van der Waals surface area contributed by atoms with Gasteiger partial charge in [0.1, 0.15) is 24.1 Å². The molecule has 44 heavy (non-hydrogen) atoms. The highest BCUT2D eigenvalue weighted by Gasteiger charge is 2.32. The predicted molar refractivity (Wildman–Crippen MR) is 173 cm³/mol. The summed E-state index contributed by atoms with van der Waals surface area (Å²) in [6.07, 6.45) is 0.505. The number of nitrogens with zero attached hydrogens (tertiary/aromatic N) is 2. The third-order valence-electron chi connectivity index (χ3n) is 7.05. The fourth-order valence-electron chi connectivity index (χ4n) is 4.58. The number of ether oxygens (including phenoxy) is 1. The van der Waals surface area contributed by atoms with Crippen molar-refractivity contribution in [1.29, 1.82) is 0 Å². The molecule has 0 saturated heterocycles. The van der Waals surface area contributed by atoms with Crippen molar-refractivity contribution in [2.75, 3.05) is 23.9 Å². The molecule has 0 radical (unpaired) electrons. The molecule has 0 aliphatic rings. The smallest absolute Gasteiger partial charge is 0.264 e. The highest BCUT2D eigenvalue weighted by Crippen LogP contribution is 2.28. The first-order chi connectivity index (χ1) is 21.1. The molecule has 0 fully saturated rings. The number of para-hydroxylation sites is 1. The molecule has 0 spiro atoms. The van der Waals surface area contributed by atoms with Crippen LogP contribution in [0.5, 0.6) is 11.5 Å². The van der Waals surface area contributed by atoms with Crippen molar-refractivity contribution >= 4 is 27.5 Å². The maximum atomic E-state index is 14.0. The summed E-state index contributed by atoms with van der Waals surface area (Å²) < 4.78 is 34.9. The van der Waals surface area contributed by atoms with Crippen molar-refractivity contribution in [3.63, 3.8) is 0 Å². The highest BCUT2D eigenvalue weighted by molar-refractivity contribution is 7.92. The van der Waals surface area contributed by atoms with Crippen LogP contribution in [0.2, 0.25) is 0 Å². The Kier molecular flexibility index (Phi) is 11.2. The maximum absolute atomic E-state index is 14.0. The number of rotatable bonds is 14. The lowest BCUT2D eigenvalue weighted by atomic mass is 10.1. The van der Waals surface area contributed by atoms with Gasteiger partial charge in [-0.25, -0.2) is 8.42 Å². The lowest BCUT2D eigenvalue weighted by Crippen LogP contribution is -2.52. The summed E-state index contributed by atoms with van der Waals surface area (Å²) >= 11 is 0. The van der Waals surface area contributed by atoms with Crippen molar-refractivity contribution in [3.8, 4) is 11.5 Å². The van der Waals surface area contributed by atoms with Crippen molar-refractivity contribution in [2.45, 2.75) is 38.1 Å². The summed E-state index contributed by atoms with van der Waals surface area (Å²) in [6.45, 7) is 5.87. The van der Waals surface area contributed by atoms with Gasteiger partial charge in [0, 0.05) is 13.1 Å². The van der Waals surface area contributed by atoms with Gasteiger partial charge in [-0.2, -0.15) is 0 Å². The molecule has 0 aliphatic heterocycles. The van der Waals surface area contributed by atoms with E-state index in [0.29, 0.717) is 30.2 Å². The second-order valence-electron chi connectivity index (χ2n) is 10.9. The van der Waals surface area contributed by atoms with Crippen LogP contribution in [-0.2, 0) is 26.0 Å². The van der Waals surface area contributed by atoms with Crippen LogP contribution in [0, 0.1) is 5.92 Å². The van der Waals surface area contributed by atoms with E-state index < -0.39 is 28.5 Å². The zero-order valence-electron chi connectivity index (χ0n) is 25.3. The monoisotopic (exact) mass is 613 g/mol. The lowest BCUT2D eigenvalue weighted by molar-refractivity contribution is -0.138. The van der Waals surface area contributed by atoms with E-state index in [9.17, 15) is 18.0 Å². The second kappa shape index (κ2) is 15.2. The summed E-state index contributed by atoms with van der Waals surface area (Å²) in [5.41, 5.74) is 1.30. The van der Waals surface area contributed by atoms with Gasteiger partial charge in [-0.15, -0.1) is 0 Å². The Hall–Kier alpha value is -4.63. The summed E-state index contributed by atoms with van der Waals surface area (Å²) in [5, 5.41) is 2.90. The Morgan fingerprint density at radius 2 is 1.30 bits per heavy atom. The molecule has 2 amide bonds. The summed E-state index contributed by atoms with van der Waals surface area (Å²) in [5.74, 6) is 0.614. The fraction of sp³-hybridized carbons (Fsp3) is 0.257. The Labute approximate surface area is 260 Å². The summed E-state index contributed by atoms with van der Waals surface area (Å²) in [4.78, 5) is 28.7. The molecule has 230 valence electrons. The molecule has 0 saturated carbocycles. The summed E-state index contributed by atoms with van der Waals surface area (Å²) in [6, 6.07) is 32.6. The Morgan fingerprint density at radius 3 is 1.89 bits per heavy atom. The largest absolute Gasteiger partial charge is 0.457 e. The second-order valence-corrected chi connectivity index (χ2v) is 12.7. The molecular formula is C35H39N3O5S. The van der Waals surface area contributed by atoms with E-state index in [1.54, 1.807) is 49.4 Å². The highest BCUT2D eigenvalue weighted by atomic mass is 32.2. The van der Waals surface area contributed by atoms with Crippen LogP contribution < -0.4 is 14.4 Å². The van der Waals surface area contributed by atoms with Crippen LogP contribution in [0.15, 0.2) is 120 Å². The van der Waals surface area contributed by atoms with Gasteiger partial charge >= 0.3 is 0 Å². The zero-order valence-corrected chi connectivity index (χ0v) is 26.1. The van der Waals surface area contributed by atoms with E-state index in [-0.39, 0.29) is 23.3 Å². The molecule has 8 nitrogen and oxygen atoms in total. The van der Waals surface area contributed by atoms with Gasteiger partial charge in [0.05, 0.1) is 10.6 Å². The van der Waals surface area contributed by atoms with Gasteiger partial charge in [0.25, 0.3) is 10.0 Å². The summed E-state index contributed by atoms with van der Waals surface area (Å²) in [7, 11) is -4.14. The third kappa shape index (κ3) is 8.70. The lowest BCUT2D eigenvalue weighted by Gasteiger charge is -2.32. The number of amides is 2. The minimum Gasteiger partial charge on any atom is -0.457 e. The first kappa shape index (κ1) is 32.3. The number of nitrogens with one attached hydrogen (secondary N) is 1. The molecule has 1 atom stereocenters. The molecule has 9 heteroatoms. The van der Waals surface area contributed by atoms with Crippen LogP contribution in [0.1, 0.15) is 26.3 Å². The maximum Gasteiger partial charge on any atom is 0.264 e. The van der Waals surface area contributed by atoms with Crippen molar-refractivity contribution < 1.29 is 22.7 Å². The Balaban J connectivity index is 1.64.